The molecule has 4 aromatic rings. The lowest BCUT2D eigenvalue weighted by atomic mass is 10.00. The molecule has 32 heavy (non-hydrogen) atoms. The van der Waals surface area contributed by atoms with Crippen molar-refractivity contribution < 1.29 is 9.53 Å². The van der Waals surface area contributed by atoms with Crippen LogP contribution in [0.4, 0.5) is 0 Å². The Morgan fingerprint density at radius 3 is 2.56 bits per heavy atom. The molecule has 1 aliphatic heterocycles. The minimum atomic E-state index is -0.423. The predicted octanol–water partition coefficient (Wildman–Crippen LogP) is 4.14. The van der Waals surface area contributed by atoms with Crippen LogP contribution < -0.4 is 5.73 Å². The maximum Gasteiger partial charge on any atom is 0.248 e. The third-order valence-electron chi connectivity index (χ3n) is 6.10. The van der Waals surface area contributed by atoms with Crippen molar-refractivity contribution in [2.45, 2.75) is 13.5 Å². The van der Waals surface area contributed by atoms with E-state index in [1.165, 1.54) is 16.7 Å². The number of carbonyl (C=O) groups excluding carboxylic acids is 1. The van der Waals surface area contributed by atoms with Crippen LogP contribution in [0.15, 0.2) is 60.8 Å². The van der Waals surface area contributed by atoms with Crippen LogP contribution in [-0.4, -0.2) is 47.1 Å². The molecule has 0 radical (unpaired) electrons. The van der Waals surface area contributed by atoms with Crippen molar-refractivity contribution >= 4 is 16.9 Å². The van der Waals surface area contributed by atoms with Gasteiger partial charge in [0.15, 0.2) is 0 Å². The second-order valence-corrected chi connectivity index (χ2v) is 8.28. The number of nitrogens with one attached hydrogen (secondary N) is 1. The number of ether oxygens (including phenoxy) is 1. The highest BCUT2D eigenvalue weighted by Gasteiger charge is 2.14. The maximum atomic E-state index is 11.4. The van der Waals surface area contributed by atoms with Gasteiger partial charge in [0.25, 0.3) is 0 Å². The number of aryl methyl sites for hydroxylation is 1. The smallest absolute Gasteiger partial charge is 0.248 e. The van der Waals surface area contributed by atoms with Crippen molar-refractivity contribution in [3.63, 3.8) is 0 Å². The van der Waals surface area contributed by atoms with Gasteiger partial charge in [-0.25, -0.2) is 4.98 Å². The van der Waals surface area contributed by atoms with Gasteiger partial charge in [0.1, 0.15) is 5.65 Å². The van der Waals surface area contributed by atoms with Crippen molar-refractivity contribution in [2.75, 3.05) is 26.3 Å². The van der Waals surface area contributed by atoms with Crippen molar-refractivity contribution in [3.8, 4) is 22.4 Å². The lowest BCUT2D eigenvalue weighted by molar-refractivity contribution is 0.0342. The van der Waals surface area contributed by atoms with Crippen LogP contribution in [0.5, 0.6) is 0 Å². The van der Waals surface area contributed by atoms with Gasteiger partial charge in [-0.2, -0.15) is 0 Å². The van der Waals surface area contributed by atoms with Gasteiger partial charge in [0.05, 0.1) is 13.2 Å². The number of fused-ring (bicyclic) bond motifs is 1. The number of benzene rings is 2. The number of rotatable bonds is 5. The average molecular weight is 427 g/mol. The summed E-state index contributed by atoms with van der Waals surface area (Å²) in [7, 11) is 0. The monoisotopic (exact) mass is 426 g/mol. The van der Waals surface area contributed by atoms with Gasteiger partial charge in [-0.15, -0.1) is 0 Å². The zero-order valence-electron chi connectivity index (χ0n) is 18.1. The van der Waals surface area contributed by atoms with Crippen molar-refractivity contribution in [3.05, 3.63) is 77.5 Å². The van der Waals surface area contributed by atoms with E-state index in [1.807, 2.05) is 18.2 Å². The maximum absolute atomic E-state index is 11.4. The molecule has 2 aromatic heterocycles. The van der Waals surface area contributed by atoms with Crippen LogP contribution in [0.2, 0.25) is 0 Å². The topological polar surface area (TPSA) is 84.2 Å². The first-order valence-electron chi connectivity index (χ1n) is 10.9. The minimum Gasteiger partial charge on any atom is -0.379 e. The third-order valence-corrected chi connectivity index (χ3v) is 6.10. The summed E-state index contributed by atoms with van der Waals surface area (Å²) in [6, 6.07) is 18.2. The van der Waals surface area contributed by atoms with Gasteiger partial charge in [-0.3, -0.25) is 9.69 Å². The molecule has 1 amide bonds. The van der Waals surface area contributed by atoms with Gasteiger partial charge < -0.3 is 15.5 Å². The molecule has 2 aromatic carbocycles. The number of morpholine rings is 1. The van der Waals surface area contributed by atoms with Crippen LogP contribution in [-0.2, 0) is 11.3 Å². The van der Waals surface area contributed by atoms with Crippen LogP contribution >= 0.6 is 0 Å². The molecule has 0 spiro atoms. The molecular formula is C26H26N4O2. The number of aromatic amines is 1. The van der Waals surface area contributed by atoms with E-state index in [-0.39, 0.29) is 0 Å². The van der Waals surface area contributed by atoms with E-state index >= 15 is 0 Å². The molecule has 0 aliphatic carbocycles. The summed E-state index contributed by atoms with van der Waals surface area (Å²) in [5.41, 5.74) is 13.6. The van der Waals surface area contributed by atoms with E-state index in [1.54, 1.807) is 18.3 Å². The highest BCUT2D eigenvalue weighted by molar-refractivity contribution is 5.97. The Balaban J connectivity index is 1.46. The summed E-state index contributed by atoms with van der Waals surface area (Å²) < 4.78 is 5.45. The third kappa shape index (κ3) is 4.02. The molecular weight excluding hydrogens is 400 g/mol. The first kappa shape index (κ1) is 20.4. The van der Waals surface area contributed by atoms with E-state index in [9.17, 15) is 4.79 Å². The average Bonchev–Trinajstić information content (AvgIpc) is 3.24. The number of primary amides is 1. The zero-order chi connectivity index (χ0) is 22.1. The van der Waals surface area contributed by atoms with E-state index in [0.717, 1.165) is 60.7 Å². The Morgan fingerprint density at radius 1 is 1.06 bits per heavy atom. The lowest BCUT2D eigenvalue weighted by Gasteiger charge is -2.26. The molecule has 0 atom stereocenters. The fourth-order valence-corrected chi connectivity index (χ4v) is 4.38. The lowest BCUT2D eigenvalue weighted by Crippen LogP contribution is -2.35. The second kappa shape index (κ2) is 8.57. The molecule has 6 nitrogen and oxygen atoms in total. The molecule has 162 valence electrons. The SMILES string of the molecule is Cc1cc(CN2CCOCC2)ccc1-c1cc2c(-c3ccc(C(N)=O)cc3)ccnc2[nH]1. The number of pyridine rings is 1. The molecule has 1 aliphatic rings. The van der Waals surface area contributed by atoms with Gasteiger partial charge in [-0.1, -0.05) is 30.3 Å². The normalized spacial score (nSPS) is 14.7. The minimum absolute atomic E-state index is 0.423. The highest BCUT2D eigenvalue weighted by Crippen LogP contribution is 2.33. The molecule has 5 rings (SSSR count). The Labute approximate surface area is 187 Å². The van der Waals surface area contributed by atoms with Gasteiger partial charge in [0.2, 0.25) is 5.91 Å². The summed E-state index contributed by atoms with van der Waals surface area (Å²) in [6.07, 6.45) is 1.80. The Kier molecular flexibility index (Phi) is 5.47. The number of amides is 1. The Bertz CT molecular complexity index is 1270. The molecule has 0 unspecified atom stereocenters. The highest BCUT2D eigenvalue weighted by atomic mass is 16.5. The van der Waals surface area contributed by atoms with Crippen molar-refractivity contribution in [1.29, 1.82) is 0 Å². The standard InChI is InChI=1S/C26H26N4O2/c1-17-14-18(16-30-10-12-32-13-11-30)2-7-21(17)24-15-23-22(8-9-28-26(23)29-24)19-3-5-20(6-4-19)25(27)31/h2-9,14-15H,10-13,16H2,1H3,(H2,27,31)(H,28,29). The molecule has 6 heteroatoms. The van der Waals surface area contributed by atoms with Crippen molar-refractivity contribution in [1.82, 2.24) is 14.9 Å². The number of aromatic nitrogens is 2. The first-order chi connectivity index (χ1) is 15.6. The molecule has 1 saturated heterocycles. The number of hydrogen-bond acceptors (Lipinski definition) is 4. The quantitative estimate of drug-likeness (QED) is 0.502. The van der Waals surface area contributed by atoms with Gasteiger partial charge in [0, 0.05) is 48.0 Å². The number of carbonyl (C=O) groups is 1. The van der Waals surface area contributed by atoms with E-state index < -0.39 is 5.91 Å². The summed E-state index contributed by atoms with van der Waals surface area (Å²) in [6.45, 7) is 6.69. The molecule has 0 bridgehead atoms. The van der Waals surface area contributed by atoms with Crippen LogP contribution in [0.1, 0.15) is 21.5 Å². The fraction of sp³-hybridized carbons (Fsp3) is 0.231. The van der Waals surface area contributed by atoms with Crippen LogP contribution in [0.3, 0.4) is 0 Å². The van der Waals surface area contributed by atoms with E-state index in [2.05, 4.69) is 46.1 Å². The largest absolute Gasteiger partial charge is 0.379 e. The number of nitrogens with two attached hydrogens (primary N) is 1. The van der Waals surface area contributed by atoms with E-state index in [4.69, 9.17) is 10.5 Å². The predicted molar refractivity (Wildman–Crippen MR) is 126 cm³/mol. The molecule has 3 heterocycles. The summed E-state index contributed by atoms with van der Waals surface area (Å²) in [5, 5.41) is 1.05. The summed E-state index contributed by atoms with van der Waals surface area (Å²) in [4.78, 5) is 21.8. The van der Waals surface area contributed by atoms with E-state index in [0.29, 0.717) is 5.56 Å². The zero-order valence-corrected chi connectivity index (χ0v) is 18.1. The first-order valence-corrected chi connectivity index (χ1v) is 10.9. The summed E-state index contributed by atoms with van der Waals surface area (Å²) >= 11 is 0. The number of nitrogens with zero attached hydrogens (tertiary/aromatic N) is 2. The summed E-state index contributed by atoms with van der Waals surface area (Å²) in [5.74, 6) is -0.423. The van der Waals surface area contributed by atoms with Crippen LogP contribution in [0, 0.1) is 6.92 Å². The van der Waals surface area contributed by atoms with Gasteiger partial charge in [-0.05, 0) is 53.4 Å². The Hall–Kier alpha value is -3.48. The van der Waals surface area contributed by atoms with Gasteiger partial charge >= 0.3 is 0 Å². The number of hydrogen-bond donors (Lipinski definition) is 2. The Morgan fingerprint density at radius 2 is 1.84 bits per heavy atom. The van der Waals surface area contributed by atoms with Crippen molar-refractivity contribution in [2.24, 2.45) is 5.73 Å². The molecule has 0 saturated carbocycles. The second-order valence-electron chi connectivity index (χ2n) is 8.28. The molecule has 1 fully saturated rings. The molecule has 3 N–H and O–H groups in total. The number of H-pyrrole nitrogens is 1. The van der Waals surface area contributed by atoms with Crippen LogP contribution in [0.25, 0.3) is 33.4 Å². The fourth-order valence-electron chi connectivity index (χ4n) is 4.38.